The van der Waals surface area contributed by atoms with E-state index in [2.05, 4.69) is 43.6 Å². The van der Waals surface area contributed by atoms with Gasteiger partial charge in [0, 0.05) is 41.4 Å². The van der Waals surface area contributed by atoms with Gasteiger partial charge >= 0.3 is 0 Å². The molecule has 0 aromatic carbocycles. The highest BCUT2D eigenvalue weighted by molar-refractivity contribution is 6.06. The zero-order valence-corrected chi connectivity index (χ0v) is 14.1. The summed E-state index contributed by atoms with van der Waals surface area (Å²) >= 11 is 0. The second-order valence-electron chi connectivity index (χ2n) is 7.86. The summed E-state index contributed by atoms with van der Waals surface area (Å²) in [6.07, 6.45) is 7.43. The lowest BCUT2D eigenvalue weighted by Crippen LogP contribution is -2.38. The summed E-state index contributed by atoms with van der Waals surface area (Å²) in [5.74, 6) is 0.874. The number of likely N-dealkylation sites (tertiary alicyclic amines) is 1. The Morgan fingerprint density at radius 3 is 2.91 bits per heavy atom. The molecule has 3 aliphatic rings. The van der Waals surface area contributed by atoms with Crippen molar-refractivity contribution < 1.29 is 4.79 Å². The van der Waals surface area contributed by atoms with E-state index in [1.54, 1.807) is 0 Å². The lowest BCUT2D eigenvalue weighted by Gasteiger charge is -2.40. The van der Waals surface area contributed by atoms with Gasteiger partial charge in [-0.3, -0.25) is 4.79 Å². The molecule has 1 aromatic heterocycles. The molecule has 2 heterocycles. The van der Waals surface area contributed by atoms with Gasteiger partial charge < -0.3 is 9.88 Å². The molecule has 4 rings (SSSR count). The minimum absolute atomic E-state index is 0.0728. The minimum Gasteiger partial charge on any atom is -0.371 e. The van der Waals surface area contributed by atoms with Crippen LogP contribution in [0.1, 0.15) is 63.0 Å². The number of piperidine rings is 1. The molecule has 1 N–H and O–H groups in total. The lowest BCUT2D eigenvalue weighted by molar-refractivity contribution is 0.103. The summed E-state index contributed by atoms with van der Waals surface area (Å²) in [7, 11) is 0. The molecule has 22 heavy (non-hydrogen) atoms. The van der Waals surface area contributed by atoms with Crippen molar-refractivity contribution >= 4 is 5.78 Å². The summed E-state index contributed by atoms with van der Waals surface area (Å²) in [5.41, 5.74) is 3.65. The standard InChI is InChI=1S/C19H26N2O/c1-5-7-18(4)14-6-8-20-17(14)15(22)9-16-19(18)10-13(19)11-21(16)12(2)3/h6,8-9,12-13,20H,5,7,10-11H2,1-4H3/t13?,18?,19-/m0/s1. The van der Waals surface area contributed by atoms with Gasteiger partial charge in [-0.15, -0.1) is 0 Å². The maximum absolute atomic E-state index is 12.8. The SMILES string of the molecule is CCCC1(C)c2cc[nH]c2C(=O)C=C2N(C(C)C)CC3C[C@@]231. The van der Waals surface area contributed by atoms with Crippen LogP contribution in [0.3, 0.4) is 0 Å². The molecule has 2 unspecified atom stereocenters. The number of aromatic amines is 1. The molecule has 3 heteroatoms. The Morgan fingerprint density at radius 1 is 1.45 bits per heavy atom. The van der Waals surface area contributed by atoms with E-state index in [4.69, 9.17) is 0 Å². The summed E-state index contributed by atoms with van der Waals surface area (Å²) in [5, 5.41) is 0. The summed E-state index contributed by atoms with van der Waals surface area (Å²) in [6.45, 7) is 10.3. The van der Waals surface area contributed by atoms with Crippen LogP contribution in [0.2, 0.25) is 0 Å². The number of carbonyl (C=O) groups is 1. The van der Waals surface area contributed by atoms with Gasteiger partial charge in [0.05, 0.1) is 5.69 Å². The fourth-order valence-electron chi connectivity index (χ4n) is 5.44. The lowest BCUT2D eigenvalue weighted by atomic mass is 9.65. The zero-order valence-electron chi connectivity index (χ0n) is 14.1. The maximum atomic E-state index is 12.8. The largest absolute Gasteiger partial charge is 0.371 e. The van der Waals surface area contributed by atoms with Crippen molar-refractivity contribution in [2.24, 2.45) is 11.3 Å². The van der Waals surface area contributed by atoms with Crippen LogP contribution in [0, 0.1) is 11.3 Å². The van der Waals surface area contributed by atoms with Crippen LogP contribution in [0.4, 0.5) is 0 Å². The second kappa shape index (κ2) is 4.27. The highest BCUT2D eigenvalue weighted by atomic mass is 16.1. The fraction of sp³-hybridized carbons (Fsp3) is 0.632. The average Bonchev–Trinajstić information content (AvgIpc) is 2.87. The Morgan fingerprint density at radius 2 is 2.23 bits per heavy atom. The zero-order chi connectivity index (χ0) is 15.7. The number of H-pyrrole nitrogens is 1. The van der Waals surface area contributed by atoms with E-state index in [1.807, 2.05) is 12.3 Å². The Kier molecular flexibility index (Phi) is 2.74. The quantitative estimate of drug-likeness (QED) is 0.919. The first-order valence-corrected chi connectivity index (χ1v) is 8.66. The van der Waals surface area contributed by atoms with Crippen LogP contribution in [0.15, 0.2) is 24.0 Å². The van der Waals surface area contributed by atoms with E-state index in [0.717, 1.165) is 25.1 Å². The van der Waals surface area contributed by atoms with Crippen molar-refractivity contribution in [3.8, 4) is 0 Å². The molecule has 118 valence electrons. The van der Waals surface area contributed by atoms with Crippen LogP contribution < -0.4 is 0 Å². The van der Waals surface area contributed by atoms with Crippen LogP contribution in [-0.2, 0) is 5.41 Å². The average molecular weight is 298 g/mol. The summed E-state index contributed by atoms with van der Waals surface area (Å²) in [6, 6.07) is 2.62. The first-order valence-electron chi connectivity index (χ1n) is 8.66. The number of aromatic nitrogens is 1. The predicted octanol–water partition coefficient (Wildman–Crippen LogP) is 3.88. The number of ketones is 1. The molecule has 1 saturated carbocycles. The summed E-state index contributed by atoms with van der Waals surface area (Å²) in [4.78, 5) is 18.5. The number of nitrogens with zero attached hydrogens (tertiary/aromatic N) is 1. The number of fused-ring (bicyclic) bond motifs is 1. The molecule has 0 radical (unpaired) electrons. The van der Waals surface area contributed by atoms with E-state index >= 15 is 0 Å². The molecule has 3 nitrogen and oxygen atoms in total. The third-order valence-corrected chi connectivity index (χ3v) is 6.50. The smallest absolute Gasteiger partial charge is 0.204 e. The molecule has 2 fully saturated rings. The van der Waals surface area contributed by atoms with Crippen molar-refractivity contribution in [1.82, 2.24) is 9.88 Å². The van der Waals surface area contributed by atoms with Crippen LogP contribution in [0.25, 0.3) is 0 Å². The first kappa shape index (κ1) is 14.1. The number of hydrogen-bond acceptors (Lipinski definition) is 2. The molecule has 1 spiro atoms. The van der Waals surface area contributed by atoms with Gasteiger partial charge in [-0.25, -0.2) is 0 Å². The van der Waals surface area contributed by atoms with Crippen molar-refractivity contribution in [3.05, 3.63) is 35.3 Å². The van der Waals surface area contributed by atoms with Crippen molar-refractivity contribution in [3.63, 3.8) is 0 Å². The van der Waals surface area contributed by atoms with Crippen LogP contribution in [0.5, 0.6) is 0 Å². The Labute approximate surface area is 132 Å². The highest BCUT2D eigenvalue weighted by Gasteiger charge is 2.72. The van der Waals surface area contributed by atoms with Gasteiger partial charge in [-0.1, -0.05) is 20.3 Å². The van der Waals surface area contributed by atoms with Gasteiger partial charge in [-0.05, 0) is 44.2 Å². The molecule has 0 amide bonds. The normalized spacial score (nSPS) is 35.9. The maximum Gasteiger partial charge on any atom is 0.204 e. The van der Waals surface area contributed by atoms with Crippen molar-refractivity contribution in [2.45, 2.75) is 58.4 Å². The fourth-order valence-corrected chi connectivity index (χ4v) is 5.44. The van der Waals surface area contributed by atoms with Gasteiger partial charge in [0.2, 0.25) is 5.78 Å². The van der Waals surface area contributed by atoms with Crippen molar-refractivity contribution in [2.75, 3.05) is 6.54 Å². The monoisotopic (exact) mass is 298 g/mol. The Bertz CT molecular complexity index is 671. The molecule has 1 saturated heterocycles. The molecule has 1 aliphatic heterocycles. The Hall–Kier alpha value is -1.51. The molecule has 2 aliphatic carbocycles. The molecular formula is C19H26N2O. The minimum atomic E-state index is 0.0728. The van der Waals surface area contributed by atoms with Gasteiger partial charge in [0.25, 0.3) is 0 Å². The van der Waals surface area contributed by atoms with Crippen LogP contribution in [-0.4, -0.2) is 28.3 Å². The molecular weight excluding hydrogens is 272 g/mol. The van der Waals surface area contributed by atoms with Crippen molar-refractivity contribution in [1.29, 1.82) is 0 Å². The Balaban J connectivity index is 1.95. The van der Waals surface area contributed by atoms with E-state index in [-0.39, 0.29) is 16.6 Å². The van der Waals surface area contributed by atoms with Gasteiger partial charge in [0.1, 0.15) is 0 Å². The molecule has 3 atom stereocenters. The molecule has 1 aromatic rings. The van der Waals surface area contributed by atoms with E-state index in [1.165, 1.54) is 17.7 Å². The van der Waals surface area contributed by atoms with Crippen LogP contribution >= 0.6 is 0 Å². The number of hydrogen-bond donors (Lipinski definition) is 1. The van der Waals surface area contributed by atoms with Gasteiger partial charge in [0.15, 0.2) is 0 Å². The molecule has 0 bridgehead atoms. The first-order chi connectivity index (χ1) is 10.5. The number of allylic oxidation sites excluding steroid dienone is 2. The highest BCUT2D eigenvalue weighted by Crippen LogP contribution is 2.74. The topological polar surface area (TPSA) is 36.1 Å². The summed E-state index contributed by atoms with van der Waals surface area (Å²) < 4.78 is 0. The number of carbonyl (C=O) groups excluding carboxylic acids is 1. The van der Waals surface area contributed by atoms with E-state index in [0.29, 0.717) is 12.0 Å². The van der Waals surface area contributed by atoms with Gasteiger partial charge in [-0.2, -0.15) is 0 Å². The predicted molar refractivity (Wildman–Crippen MR) is 87.8 cm³/mol. The van der Waals surface area contributed by atoms with E-state index in [9.17, 15) is 4.79 Å². The number of rotatable bonds is 3. The third kappa shape index (κ3) is 1.45. The van der Waals surface area contributed by atoms with E-state index < -0.39 is 0 Å². The second-order valence-corrected chi connectivity index (χ2v) is 7.86. The third-order valence-electron chi connectivity index (χ3n) is 6.50. The number of nitrogens with one attached hydrogen (secondary N) is 1.